The summed E-state index contributed by atoms with van der Waals surface area (Å²) in [7, 11) is 2.02. The Morgan fingerprint density at radius 1 is 1.44 bits per heavy atom. The van der Waals surface area contributed by atoms with Crippen LogP contribution in [0.25, 0.3) is 0 Å². The van der Waals surface area contributed by atoms with Crippen molar-refractivity contribution < 1.29 is 5.11 Å². The van der Waals surface area contributed by atoms with E-state index in [-0.39, 0.29) is 6.10 Å². The van der Waals surface area contributed by atoms with Crippen LogP contribution in [0.4, 0.5) is 0 Å². The molecule has 0 saturated carbocycles. The first-order chi connectivity index (χ1) is 8.65. The van der Waals surface area contributed by atoms with Crippen LogP contribution in [-0.2, 0) is 13.6 Å². The van der Waals surface area contributed by atoms with E-state index in [9.17, 15) is 5.11 Å². The zero-order chi connectivity index (χ0) is 13.0. The van der Waals surface area contributed by atoms with Crippen LogP contribution in [0.1, 0.15) is 29.9 Å². The molecule has 0 fully saturated rings. The van der Waals surface area contributed by atoms with Crippen LogP contribution < -0.4 is 5.32 Å². The number of rotatable bonds is 6. The molecule has 98 valence electrons. The summed E-state index contributed by atoms with van der Waals surface area (Å²) in [4.78, 5) is 1.04. The van der Waals surface area contributed by atoms with E-state index in [1.165, 1.54) is 5.56 Å². The van der Waals surface area contributed by atoms with Gasteiger partial charge in [-0.05, 0) is 36.4 Å². The highest BCUT2D eigenvalue weighted by atomic mass is 32.1. The average Bonchev–Trinajstić information content (AvgIpc) is 2.97. The molecule has 0 aliphatic rings. The molecular weight excluding hydrogens is 244 g/mol. The van der Waals surface area contributed by atoms with Crippen molar-refractivity contribution >= 4 is 11.3 Å². The molecule has 0 aliphatic heterocycles. The summed E-state index contributed by atoms with van der Waals surface area (Å²) in [6, 6.07) is 6.36. The summed E-state index contributed by atoms with van der Waals surface area (Å²) in [6.07, 6.45) is 4.54. The smallest absolute Gasteiger partial charge is 0.0896 e. The van der Waals surface area contributed by atoms with Gasteiger partial charge in [-0.1, -0.05) is 6.07 Å². The zero-order valence-electron chi connectivity index (χ0n) is 10.8. The molecule has 2 N–H and O–H groups in total. The Morgan fingerprint density at radius 3 is 2.89 bits per heavy atom. The standard InChI is InChI=1S/C14H20N2OS/c1-11(8-13(17)14-4-3-7-18-14)15-9-12-5-6-16(2)10-12/h3-7,10-11,13,15,17H,8-9H2,1-2H3. The van der Waals surface area contributed by atoms with Crippen molar-refractivity contribution in [3.63, 3.8) is 0 Å². The van der Waals surface area contributed by atoms with Gasteiger partial charge in [0.15, 0.2) is 0 Å². The average molecular weight is 264 g/mol. The number of aliphatic hydroxyl groups is 1. The topological polar surface area (TPSA) is 37.2 Å². The van der Waals surface area contributed by atoms with Gasteiger partial charge >= 0.3 is 0 Å². The molecule has 0 aliphatic carbocycles. The van der Waals surface area contributed by atoms with E-state index in [1.807, 2.05) is 35.3 Å². The fraction of sp³-hybridized carbons (Fsp3) is 0.429. The van der Waals surface area contributed by atoms with Crippen LogP contribution in [0, 0.1) is 0 Å². The second-order valence-electron chi connectivity index (χ2n) is 4.73. The van der Waals surface area contributed by atoms with Crippen molar-refractivity contribution in [1.82, 2.24) is 9.88 Å². The molecule has 0 saturated heterocycles. The number of thiophene rings is 1. The van der Waals surface area contributed by atoms with E-state index in [0.717, 1.165) is 17.8 Å². The van der Waals surface area contributed by atoms with Crippen molar-refractivity contribution in [2.24, 2.45) is 7.05 Å². The highest BCUT2D eigenvalue weighted by molar-refractivity contribution is 7.10. The summed E-state index contributed by atoms with van der Waals surface area (Å²) in [6.45, 7) is 2.96. The van der Waals surface area contributed by atoms with Crippen molar-refractivity contribution in [3.8, 4) is 0 Å². The molecule has 0 spiro atoms. The molecule has 0 bridgehead atoms. The van der Waals surface area contributed by atoms with Gasteiger partial charge in [0.25, 0.3) is 0 Å². The summed E-state index contributed by atoms with van der Waals surface area (Å²) in [5.41, 5.74) is 1.27. The maximum Gasteiger partial charge on any atom is 0.0896 e. The lowest BCUT2D eigenvalue weighted by Crippen LogP contribution is -2.27. The Morgan fingerprint density at radius 2 is 2.28 bits per heavy atom. The van der Waals surface area contributed by atoms with Crippen LogP contribution in [-0.4, -0.2) is 15.7 Å². The summed E-state index contributed by atoms with van der Waals surface area (Å²) >= 11 is 1.61. The van der Waals surface area contributed by atoms with Crippen molar-refractivity contribution in [1.29, 1.82) is 0 Å². The summed E-state index contributed by atoms with van der Waals surface area (Å²) in [5, 5.41) is 15.5. The molecule has 3 nitrogen and oxygen atoms in total. The Balaban J connectivity index is 1.76. The van der Waals surface area contributed by atoms with Crippen molar-refractivity contribution in [2.45, 2.75) is 32.0 Å². The SMILES string of the molecule is CC(CC(O)c1cccs1)NCc1ccn(C)c1. The van der Waals surface area contributed by atoms with Crippen LogP contribution in [0.3, 0.4) is 0 Å². The van der Waals surface area contributed by atoms with Gasteiger partial charge in [-0.25, -0.2) is 0 Å². The highest BCUT2D eigenvalue weighted by Crippen LogP contribution is 2.22. The minimum absolute atomic E-state index is 0.294. The fourth-order valence-corrected chi connectivity index (χ4v) is 2.70. The van der Waals surface area contributed by atoms with Crippen LogP contribution in [0.15, 0.2) is 36.0 Å². The maximum atomic E-state index is 10.0. The van der Waals surface area contributed by atoms with Crippen LogP contribution in [0.5, 0.6) is 0 Å². The van der Waals surface area contributed by atoms with Gasteiger partial charge in [0, 0.05) is 36.9 Å². The Labute approximate surface area is 112 Å². The quantitative estimate of drug-likeness (QED) is 0.841. The number of aromatic nitrogens is 1. The molecule has 2 aromatic rings. The second-order valence-corrected chi connectivity index (χ2v) is 5.71. The number of hydrogen-bond donors (Lipinski definition) is 2. The van der Waals surface area contributed by atoms with Gasteiger partial charge in [-0.2, -0.15) is 0 Å². The van der Waals surface area contributed by atoms with Crippen LogP contribution >= 0.6 is 11.3 Å². The van der Waals surface area contributed by atoms with Crippen molar-refractivity contribution in [3.05, 3.63) is 46.4 Å². The monoisotopic (exact) mass is 264 g/mol. The molecule has 0 radical (unpaired) electrons. The van der Waals surface area contributed by atoms with E-state index in [4.69, 9.17) is 0 Å². The third-order valence-electron chi connectivity index (χ3n) is 3.00. The number of aryl methyl sites for hydroxylation is 1. The number of nitrogens with one attached hydrogen (secondary N) is 1. The second kappa shape index (κ2) is 6.18. The first kappa shape index (κ1) is 13.3. The zero-order valence-corrected chi connectivity index (χ0v) is 11.7. The normalized spacial score (nSPS) is 14.6. The largest absolute Gasteiger partial charge is 0.388 e. The van der Waals surface area contributed by atoms with Gasteiger partial charge in [-0.15, -0.1) is 11.3 Å². The molecule has 2 aromatic heterocycles. The molecule has 0 aromatic carbocycles. The van der Waals surface area contributed by atoms with E-state index in [0.29, 0.717) is 6.04 Å². The van der Waals surface area contributed by atoms with Gasteiger partial charge < -0.3 is 15.0 Å². The molecule has 4 heteroatoms. The number of nitrogens with zero attached hydrogens (tertiary/aromatic N) is 1. The Hall–Kier alpha value is -1.10. The predicted molar refractivity (Wildman–Crippen MR) is 75.6 cm³/mol. The first-order valence-corrected chi connectivity index (χ1v) is 7.09. The lowest BCUT2D eigenvalue weighted by Gasteiger charge is -2.16. The third kappa shape index (κ3) is 3.70. The number of hydrogen-bond acceptors (Lipinski definition) is 3. The van der Waals surface area contributed by atoms with Gasteiger partial charge in [0.1, 0.15) is 0 Å². The van der Waals surface area contributed by atoms with E-state index in [2.05, 4.69) is 24.5 Å². The Kier molecular flexibility index (Phi) is 4.58. The van der Waals surface area contributed by atoms with Gasteiger partial charge in [0.05, 0.1) is 6.10 Å². The molecule has 2 rings (SSSR count). The molecule has 2 heterocycles. The Bertz CT molecular complexity index is 464. The van der Waals surface area contributed by atoms with Crippen molar-refractivity contribution in [2.75, 3.05) is 0 Å². The summed E-state index contributed by atoms with van der Waals surface area (Å²) < 4.78 is 2.04. The lowest BCUT2D eigenvalue weighted by molar-refractivity contribution is 0.157. The first-order valence-electron chi connectivity index (χ1n) is 6.21. The van der Waals surface area contributed by atoms with Crippen LogP contribution in [0.2, 0.25) is 0 Å². The molecule has 18 heavy (non-hydrogen) atoms. The lowest BCUT2D eigenvalue weighted by atomic mass is 10.1. The molecule has 2 unspecified atom stereocenters. The third-order valence-corrected chi connectivity index (χ3v) is 3.97. The van der Waals surface area contributed by atoms with E-state index in [1.54, 1.807) is 11.3 Å². The molecule has 2 atom stereocenters. The maximum absolute atomic E-state index is 10.0. The highest BCUT2D eigenvalue weighted by Gasteiger charge is 2.12. The summed E-state index contributed by atoms with van der Waals surface area (Å²) in [5.74, 6) is 0. The minimum Gasteiger partial charge on any atom is -0.388 e. The minimum atomic E-state index is -0.358. The molecular formula is C14H20N2OS. The van der Waals surface area contributed by atoms with Gasteiger partial charge in [-0.3, -0.25) is 0 Å². The number of aliphatic hydroxyl groups excluding tert-OH is 1. The fourth-order valence-electron chi connectivity index (χ4n) is 1.97. The predicted octanol–water partition coefficient (Wildman–Crippen LogP) is 2.69. The van der Waals surface area contributed by atoms with E-state index < -0.39 is 0 Å². The molecule has 0 amide bonds. The van der Waals surface area contributed by atoms with Gasteiger partial charge in [0.2, 0.25) is 0 Å². The van der Waals surface area contributed by atoms with E-state index >= 15 is 0 Å².